The van der Waals surface area contributed by atoms with Gasteiger partial charge >= 0.3 is 0 Å². The molecule has 0 unspecified atom stereocenters. The van der Waals surface area contributed by atoms with Crippen molar-refractivity contribution < 1.29 is 13.6 Å². The van der Waals surface area contributed by atoms with Crippen molar-refractivity contribution in [3.63, 3.8) is 0 Å². The first kappa shape index (κ1) is 12.1. The fourth-order valence-corrected chi connectivity index (χ4v) is 2.32. The summed E-state index contributed by atoms with van der Waals surface area (Å²) in [4.78, 5) is 12.3. The van der Waals surface area contributed by atoms with Gasteiger partial charge in [0.15, 0.2) is 5.76 Å². The van der Waals surface area contributed by atoms with Crippen LogP contribution in [0, 0.1) is 5.82 Å². The van der Waals surface area contributed by atoms with Gasteiger partial charge in [-0.25, -0.2) is 4.39 Å². The third-order valence-electron chi connectivity index (χ3n) is 2.82. The highest BCUT2D eigenvalue weighted by Gasteiger charge is 2.17. The summed E-state index contributed by atoms with van der Waals surface area (Å²) in [6.07, 6.45) is 0. The largest absolute Gasteiger partial charge is 0.453 e. The number of furan rings is 1. The van der Waals surface area contributed by atoms with Crippen LogP contribution in [0.5, 0.6) is 0 Å². The van der Waals surface area contributed by atoms with Crippen LogP contribution in [0.1, 0.15) is 16.1 Å². The first-order valence-electron chi connectivity index (χ1n) is 5.63. The Labute approximate surface area is 117 Å². The lowest BCUT2D eigenvalue weighted by atomic mass is 10.1. The molecule has 1 heterocycles. The summed E-state index contributed by atoms with van der Waals surface area (Å²) >= 11 is 3.24. The minimum Gasteiger partial charge on any atom is -0.453 e. The van der Waals surface area contributed by atoms with Gasteiger partial charge in [-0.1, -0.05) is 34.1 Å². The van der Waals surface area contributed by atoms with Crippen LogP contribution in [-0.2, 0) is 0 Å². The van der Waals surface area contributed by atoms with Gasteiger partial charge in [-0.3, -0.25) is 4.79 Å². The molecule has 0 amide bonds. The maximum absolute atomic E-state index is 13.2. The van der Waals surface area contributed by atoms with Crippen molar-refractivity contribution in [3.8, 4) is 0 Å². The molecule has 0 bridgehead atoms. The van der Waals surface area contributed by atoms with E-state index in [9.17, 15) is 9.18 Å². The van der Waals surface area contributed by atoms with Crippen LogP contribution in [-0.4, -0.2) is 5.78 Å². The second kappa shape index (κ2) is 4.63. The van der Waals surface area contributed by atoms with Gasteiger partial charge in [0.25, 0.3) is 0 Å². The molecule has 0 atom stereocenters. The molecule has 0 spiro atoms. The lowest BCUT2D eigenvalue weighted by molar-refractivity contribution is 0.101. The van der Waals surface area contributed by atoms with Crippen molar-refractivity contribution in [2.45, 2.75) is 0 Å². The molecule has 2 nitrogen and oxygen atoms in total. The summed E-state index contributed by atoms with van der Waals surface area (Å²) < 4.78 is 19.3. The second-order valence-corrected chi connectivity index (χ2v) is 4.96. The molecule has 0 aliphatic carbocycles. The van der Waals surface area contributed by atoms with Gasteiger partial charge in [0.2, 0.25) is 5.78 Å². The number of halogens is 2. The summed E-state index contributed by atoms with van der Waals surface area (Å²) in [5, 5.41) is 0.846. The summed E-state index contributed by atoms with van der Waals surface area (Å²) in [7, 11) is 0. The highest BCUT2D eigenvalue weighted by Crippen LogP contribution is 2.25. The number of hydrogen-bond donors (Lipinski definition) is 0. The highest BCUT2D eigenvalue weighted by molar-refractivity contribution is 9.10. The molecule has 19 heavy (non-hydrogen) atoms. The molecule has 0 radical (unpaired) electrons. The minimum atomic E-state index is -0.456. The number of rotatable bonds is 2. The average molecular weight is 319 g/mol. The lowest BCUT2D eigenvalue weighted by Crippen LogP contribution is -2.01. The summed E-state index contributed by atoms with van der Waals surface area (Å²) in [5.74, 6) is -0.599. The molecule has 1 aromatic heterocycles. The molecule has 2 aromatic carbocycles. The van der Waals surface area contributed by atoms with Crippen LogP contribution in [0.2, 0.25) is 0 Å². The Morgan fingerprint density at radius 2 is 1.89 bits per heavy atom. The van der Waals surface area contributed by atoms with E-state index in [0.29, 0.717) is 10.1 Å². The minimum absolute atomic E-state index is 0.201. The number of carbonyl (C=O) groups excluding carboxylic acids is 1. The third-order valence-corrected chi connectivity index (χ3v) is 3.51. The van der Waals surface area contributed by atoms with Crippen molar-refractivity contribution in [3.05, 3.63) is 70.1 Å². The number of benzene rings is 2. The molecule has 3 aromatic rings. The predicted octanol–water partition coefficient (Wildman–Crippen LogP) is 4.57. The average Bonchev–Trinajstić information content (AvgIpc) is 2.84. The summed E-state index contributed by atoms with van der Waals surface area (Å²) in [5.41, 5.74) is 0.887. The zero-order valence-corrected chi connectivity index (χ0v) is 11.3. The van der Waals surface area contributed by atoms with Crippen LogP contribution < -0.4 is 0 Å². The molecule has 94 valence electrons. The lowest BCUT2D eigenvalue weighted by Gasteiger charge is -2.01. The van der Waals surface area contributed by atoms with Crippen LogP contribution >= 0.6 is 15.9 Å². The fourth-order valence-electron chi connectivity index (χ4n) is 1.90. The van der Waals surface area contributed by atoms with Gasteiger partial charge < -0.3 is 4.42 Å². The zero-order valence-electron chi connectivity index (χ0n) is 9.69. The fraction of sp³-hybridized carbons (Fsp3) is 0. The van der Waals surface area contributed by atoms with Crippen molar-refractivity contribution in [1.29, 1.82) is 0 Å². The molecule has 0 aliphatic heterocycles. The predicted molar refractivity (Wildman–Crippen MR) is 73.7 cm³/mol. The van der Waals surface area contributed by atoms with E-state index >= 15 is 0 Å². The second-order valence-electron chi connectivity index (χ2n) is 4.10. The SMILES string of the molecule is O=C(c1cc2ccccc2o1)c1cc(F)ccc1Br. The maximum Gasteiger partial charge on any atom is 0.229 e. The topological polar surface area (TPSA) is 30.2 Å². The quantitative estimate of drug-likeness (QED) is 0.648. The van der Waals surface area contributed by atoms with Crippen molar-refractivity contribution in [2.24, 2.45) is 0 Å². The van der Waals surface area contributed by atoms with Gasteiger partial charge in [0, 0.05) is 15.4 Å². The Morgan fingerprint density at radius 3 is 2.68 bits per heavy atom. The van der Waals surface area contributed by atoms with E-state index in [0.717, 1.165) is 5.39 Å². The first-order chi connectivity index (χ1) is 9.15. The van der Waals surface area contributed by atoms with Gasteiger partial charge in [-0.05, 0) is 30.3 Å². The molecule has 3 rings (SSSR count). The highest BCUT2D eigenvalue weighted by atomic mass is 79.9. The van der Waals surface area contributed by atoms with E-state index in [1.54, 1.807) is 12.1 Å². The molecule has 0 aliphatic rings. The maximum atomic E-state index is 13.2. The Bertz CT molecular complexity index is 744. The Hall–Kier alpha value is -1.94. The van der Waals surface area contributed by atoms with Crippen molar-refractivity contribution in [1.82, 2.24) is 0 Å². The molecule has 4 heteroatoms. The van der Waals surface area contributed by atoms with E-state index in [-0.39, 0.29) is 17.1 Å². The van der Waals surface area contributed by atoms with Crippen LogP contribution in [0.4, 0.5) is 4.39 Å². The Kier molecular flexibility index (Phi) is 2.95. The van der Waals surface area contributed by atoms with E-state index in [1.165, 1.54) is 18.2 Å². The van der Waals surface area contributed by atoms with Gasteiger partial charge in [0.05, 0.1) is 0 Å². The van der Waals surface area contributed by atoms with E-state index < -0.39 is 5.82 Å². The zero-order chi connectivity index (χ0) is 13.4. The van der Waals surface area contributed by atoms with Crippen LogP contribution in [0.25, 0.3) is 11.0 Å². The molecular formula is C15H8BrFO2. The number of ketones is 1. The number of carbonyl (C=O) groups is 1. The molecular weight excluding hydrogens is 311 g/mol. The Morgan fingerprint density at radius 1 is 1.11 bits per heavy atom. The van der Waals surface area contributed by atoms with Gasteiger partial charge in [-0.2, -0.15) is 0 Å². The first-order valence-corrected chi connectivity index (χ1v) is 6.43. The van der Waals surface area contributed by atoms with E-state index in [2.05, 4.69) is 15.9 Å². The molecule has 0 saturated carbocycles. The molecule has 0 N–H and O–H groups in total. The Balaban J connectivity index is 2.10. The summed E-state index contributed by atoms with van der Waals surface area (Å²) in [6.45, 7) is 0. The van der Waals surface area contributed by atoms with Gasteiger partial charge in [-0.15, -0.1) is 0 Å². The van der Waals surface area contributed by atoms with E-state index in [1.807, 2.05) is 18.2 Å². The van der Waals surface area contributed by atoms with E-state index in [4.69, 9.17) is 4.42 Å². The van der Waals surface area contributed by atoms with Gasteiger partial charge in [0.1, 0.15) is 11.4 Å². The summed E-state index contributed by atoms with van der Waals surface area (Å²) in [6, 6.07) is 13.0. The monoisotopic (exact) mass is 318 g/mol. The van der Waals surface area contributed by atoms with Crippen molar-refractivity contribution >= 4 is 32.7 Å². The molecule has 0 fully saturated rings. The number of para-hydroxylation sites is 1. The normalized spacial score (nSPS) is 10.8. The molecule has 0 saturated heterocycles. The number of fused-ring (bicyclic) bond motifs is 1. The van der Waals surface area contributed by atoms with Crippen LogP contribution in [0.15, 0.2) is 57.4 Å². The van der Waals surface area contributed by atoms with Crippen molar-refractivity contribution in [2.75, 3.05) is 0 Å². The number of hydrogen-bond acceptors (Lipinski definition) is 2. The smallest absolute Gasteiger partial charge is 0.229 e. The third kappa shape index (κ3) is 2.19. The standard InChI is InChI=1S/C15H8BrFO2/c16-12-6-5-10(17)8-11(12)15(18)14-7-9-3-1-2-4-13(9)19-14/h1-8H. The van der Waals surface area contributed by atoms with Crippen LogP contribution in [0.3, 0.4) is 0 Å².